The zero-order chi connectivity index (χ0) is 20.9. The van der Waals surface area contributed by atoms with Gasteiger partial charge < -0.3 is 14.5 Å². The molecule has 0 saturated carbocycles. The molecule has 0 spiro atoms. The Morgan fingerprint density at radius 3 is 2.62 bits per heavy atom. The van der Waals surface area contributed by atoms with E-state index in [2.05, 4.69) is 15.0 Å². The summed E-state index contributed by atoms with van der Waals surface area (Å²) in [5.41, 5.74) is 0.911. The van der Waals surface area contributed by atoms with E-state index in [1.807, 2.05) is 6.07 Å². The van der Waals surface area contributed by atoms with Gasteiger partial charge in [0.05, 0.1) is 11.2 Å². The molecule has 0 aliphatic heterocycles. The van der Waals surface area contributed by atoms with Crippen LogP contribution in [0.4, 0.5) is 13.2 Å². The molecule has 0 saturated heterocycles. The standard InChI is InChI=1S/C20H16ClF3N2O3/c21-15-7-3-2-6-14(15)17-12-26-19(28-17)10-9-18(27)25-11-13-5-1-4-8-16(13)29-20(22,23)24/h1-8,12H,9-11H2,(H,25,27). The molecule has 0 radical (unpaired) electrons. The van der Waals surface area contributed by atoms with Crippen LogP contribution in [0.25, 0.3) is 11.3 Å². The molecule has 1 heterocycles. The highest BCUT2D eigenvalue weighted by Crippen LogP contribution is 2.28. The van der Waals surface area contributed by atoms with E-state index in [4.69, 9.17) is 16.0 Å². The molecule has 2 aromatic carbocycles. The molecule has 0 bridgehead atoms. The third kappa shape index (κ3) is 5.99. The molecule has 9 heteroatoms. The number of nitrogens with zero attached hydrogens (tertiary/aromatic N) is 1. The average molecular weight is 425 g/mol. The number of aryl methyl sites for hydroxylation is 1. The van der Waals surface area contributed by atoms with E-state index in [9.17, 15) is 18.0 Å². The van der Waals surface area contributed by atoms with Gasteiger partial charge in [0.15, 0.2) is 11.7 Å². The van der Waals surface area contributed by atoms with Gasteiger partial charge in [0.25, 0.3) is 0 Å². The quantitative estimate of drug-likeness (QED) is 0.570. The SMILES string of the molecule is O=C(CCc1ncc(-c2ccccc2Cl)o1)NCc1ccccc1OC(F)(F)F. The van der Waals surface area contributed by atoms with Crippen molar-refractivity contribution in [1.82, 2.24) is 10.3 Å². The number of carbonyl (C=O) groups excluding carboxylic acids is 1. The van der Waals surface area contributed by atoms with Crippen molar-refractivity contribution in [2.75, 3.05) is 0 Å². The van der Waals surface area contributed by atoms with Crippen LogP contribution in [0.2, 0.25) is 5.02 Å². The van der Waals surface area contributed by atoms with E-state index in [0.717, 1.165) is 0 Å². The molecule has 152 valence electrons. The number of aromatic nitrogens is 1. The lowest BCUT2D eigenvalue weighted by Crippen LogP contribution is -2.24. The number of hydrogen-bond acceptors (Lipinski definition) is 4. The first kappa shape index (κ1) is 20.7. The summed E-state index contributed by atoms with van der Waals surface area (Å²) in [7, 11) is 0. The average Bonchev–Trinajstić information content (AvgIpc) is 3.13. The summed E-state index contributed by atoms with van der Waals surface area (Å²) >= 11 is 6.12. The molecule has 1 amide bonds. The summed E-state index contributed by atoms with van der Waals surface area (Å²) in [4.78, 5) is 16.2. The highest BCUT2D eigenvalue weighted by molar-refractivity contribution is 6.33. The van der Waals surface area contributed by atoms with E-state index >= 15 is 0 Å². The number of amides is 1. The Hall–Kier alpha value is -3.00. The van der Waals surface area contributed by atoms with Crippen molar-refractivity contribution >= 4 is 17.5 Å². The summed E-state index contributed by atoms with van der Waals surface area (Å²) in [6.45, 7) is -0.0957. The van der Waals surface area contributed by atoms with E-state index < -0.39 is 6.36 Å². The fourth-order valence-corrected chi connectivity index (χ4v) is 2.82. The number of hydrogen-bond donors (Lipinski definition) is 1. The van der Waals surface area contributed by atoms with Crippen molar-refractivity contribution in [3.8, 4) is 17.1 Å². The van der Waals surface area contributed by atoms with Gasteiger partial charge in [0.2, 0.25) is 5.91 Å². The number of ether oxygens (including phenoxy) is 1. The minimum atomic E-state index is -4.80. The number of rotatable bonds is 7. The van der Waals surface area contributed by atoms with Crippen molar-refractivity contribution in [3.63, 3.8) is 0 Å². The Bertz CT molecular complexity index is 989. The van der Waals surface area contributed by atoms with Gasteiger partial charge >= 0.3 is 6.36 Å². The molecule has 5 nitrogen and oxygen atoms in total. The molecule has 0 aliphatic carbocycles. The van der Waals surface area contributed by atoms with Gasteiger partial charge in [-0.2, -0.15) is 0 Å². The number of oxazole rings is 1. The molecule has 3 rings (SSSR count). The number of alkyl halides is 3. The molecular formula is C20H16ClF3N2O3. The van der Waals surface area contributed by atoms with Gasteiger partial charge in [-0.15, -0.1) is 13.2 Å². The van der Waals surface area contributed by atoms with E-state index in [1.165, 1.54) is 24.4 Å². The normalized spacial score (nSPS) is 11.3. The van der Waals surface area contributed by atoms with Crippen molar-refractivity contribution in [1.29, 1.82) is 0 Å². The van der Waals surface area contributed by atoms with Crippen LogP contribution < -0.4 is 10.1 Å². The predicted molar refractivity (Wildman–Crippen MR) is 100 cm³/mol. The fraction of sp³-hybridized carbons (Fsp3) is 0.200. The number of halogens is 4. The maximum atomic E-state index is 12.4. The lowest BCUT2D eigenvalue weighted by atomic mass is 10.2. The number of benzene rings is 2. The third-order valence-electron chi connectivity index (χ3n) is 3.93. The van der Waals surface area contributed by atoms with Gasteiger partial charge in [-0.1, -0.05) is 41.9 Å². The van der Waals surface area contributed by atoms with Crippen LogP contribution in [0.15, 0.2) is 59.1 Å². The number of para-hydroxylation sites is 1. The maximum absolute atomic E-state index is 12.4. The van der Waals surface area contributed by atoms with Crippen LogP contribution in [0.3, 0.4) is 0 Å². The summed E-state index contributed by atoms with van der Waals surface area (Å²) in [6.07, 6.45) is -2.98. The molecule has 1 N–H and O–H groups in total. The molecule has 29 heavy (non-hydrogen) atoms. The van der Waals surface area contributed by atoms with Gasteiger partial charge in [-0.25, -0.2) is 4.98 Å². The lowest BCUT2D eigenvalue weighted by molar-refractivity contribution is -0.274. The molecule has 0 atom stereocenters. The van der Waals surface area contributed by atoms with Crippen molar-refractivity contribution < 1.29 is 27.1 Å². The zero-order valence-corrected chi connectivity index (χ0v) is 15.8. The molecule has 1 aromatic heterocycles. The third-order valence-corrected chi connectivity index (χ3v) is 4.26. The monoisotopic (exact) mass is 424 g/mol. The van der Waals surface area contributed by atoms with Crippen LogP contribution >= 0.6 is 11.6 Å². The van der Waals surface area contributed by atoms with Crippen LogP contribution in [0.1, 0.15) is 17.9 Å². The molecule has 3 aromatic rings. The largest absolute Gasteiger partial charge is 0.573 e. The summed E-state index contributed by atoms with van der Waals surface area (Å²) in [5.74, 6) is 0.141. The van der Waals surface area contributed by atoms with Gasteiger partial charge in [-0.05, 0) is 18.2 Å². The van der Waals surface area contributed by atoms with Crippen molar-refractivity contribution in [2.45, 2.75) is 25.7 Å². The number of carbonyl (C=O) groups is 1. The van der Waals surface area contributed by atoms with Crippen LogP contribution in [0, 0.1) is 0 Å². The van der Waals surface area contributed by atoms with Crippen molar-refractivity contribution in [2.24, 2.45) is 0 Å². The Labute approximate surface area is 169 Å². The first-order chi connectivity index (χ1) is 13.8. The topological polar surface area (TPSA) is 64.4 Å². The Morgan fingerprint density at radius 1 is 1.14 bits per heavy atom. The second kappa shape index (κ2) is 9.00. The Balaban J connectivity index is 1.53. The number of nitrogens with one attached hydrogen (secondary N) is 1. The van der Waals surface area contributed by atoms with E-state index in [0.29, 0.717) is 22.2 Å². The Morgan fingerprint density at radius 2 is 1.86 bits per heavy atom. The second-order valence-corrected chi connectivity index (χ2v) is 6.44. The fourth-order valence-electron chi connectivity index (χ4n) is 2.59. The van der Waals surface area contributed by atoms with Gasteiger partial charge in [0.1, 0.15) is 5.75 Å². The maximum Gasteiger partial charge on any atom is 0.573 e. The Kier molecular flexibility index (Phi) is 6.43. The first-order valence-corrected chi connectivity index (χ1v) is 8.99. The van der Waals surface area contributed by atoms with Gasteiger partial charge in [0, 0.05) is 30.5 Å². The lowest BCUT2D eigenvalue weighted by Gasteiger charge is -2.13. The molecule has 0 unspecified atom stereocenters. The smallest absolute Gasteiger partial charge is 0.441 e. The molecule has 0 aliphatic rings. The molecular weight excluding hydrogens is 409 g/mol. The van der Waals surface area contributed by atoms with Crippen LogP contribution in [-0.2, 0) is 17.8 Å². The van der Waals surface area contributed by atoms with Crippen LogP contribution in [0.5, 0.6) is 5.75 Å². The second-order valence-electron chi connectivity index (χ2n) is 6.03. The summed E-state index contributed by atoms with van der Waals surface area (Å²) in [6, 6.07) is 12.8. The summed E-state index contributed by atoms with van der Waals surface area (Å²) < 4.78 is 46.9. The first-order valence-electron chi connectivity index (χ1n) is 8.62. The zero-order valence-electron chi connectivity index (χ0n) is 15.0. The summed E-state index contributed by atoms with van der Waals surface area (Å²) in [5, 5.41) is 3.09. The predicted octanol–water partition coefficient (Wildman–Crippen LogP) is 5.14. The molecule has 0 fully saturated rings. The van der Waals surface area contributed by atoms with Crippen LogP contribution in [-0.4, -0.2) is 17.3 Å². The minimum absolute atomic E-state index is 0.0603. The minimum Gasteiger partial charge on any atom is -0.441 e. The van der Waals surface area contributed by atoms with E-state index in [1.54, 1.807) is 24.3 Å². The van der Waals surface area contributed by atoms with Gasteiger partial charge in [-0.3, -0.25) is 4.79 Å². The highest BCUT2D eigenvalue weighted by Gasteiger charge is 2.31. The highest BCUT2D eigenvalue weighted by atomic mass is 35.5. The van der Waals surface area contributed by atoms with Crippen molar-refractivity contribution in [3.05, 3.63) is 71.2 Å². The van der Waals surface area contributed by atoms with E-state index in [-0.39, 0.29) is 36.6 Å².